The Morgan fingerprint density at radius 2 is 1.96 bits per heavy atom. The molecule has 0 aromatic heterocycles. The molecule has 2 unspecified atom stereocenters. The zero-order valence-electron chi connectivity index (χ0n) is 12.1. The number of fused-ring (bicyclic) bond motifs is 1. The summed E-state index contributed by atoms with van der Waals surface area (Å²) in [5.41, 5.74) is -0.0325. The van der Waals surface area contributed by atoms with E-state index in [1.807, 2.05) is 23.4 Å². The Bertz CT molecular complexity index is 682. The molecule has 2 aliphatic rings. The van der Waals surface area contributed by atoms with Crippen LogP contribution >= 0.6 is 23.4 Å². The molecule has 122 valence electrons. The standard InChI is InChI=1S/C15H13ClF3N3S/c1-23-14-20-12(16)11-3-2-8-22(13(11)21-14)10-6-4-9(5-7-10)15(17,18)19/h2,4-8,11,13H,3H2,1H3. The molecule has 2 heterocycles. The molecular weight excluding hydrogens is 347 g/mol. The van der Waals surface area contributed by atoms with Crippen molar-refractivity contribution < 1.29 is 13.2 Å². The SMILES string of the molecule is CSC1=NC2C(CC=CN2c2ccc(C(F)(F)F)cc2)C(Cl)=N1. The predicted octanol–water partition coefficient (Wildman–Crippen LogP) is 4.74. The number of anilines is 1. The van der Waals surface area contributed by atoms with Gasteiger partial charge in [0.15, 0.2) is 5.17 Å². The lowest BCUT2D eigenvalue weighted by molar-refractivity contribution is -0.137. The van der Waals surface area contributed by atoms with E-state index in [4.69, 9.17) is 11.6 Å². The van der Waals surface area contributed by atoms with Crippen LogP contribution in [0.15, 0.2) is 46.5 Å². The minimum absolute atomic E-state index is 0.0835. The van der Waals surface area contributed by atoms with Gasteiger partial charge in [-0.15, -0.1) is 0 Å². The van der Waals surface area contributed by atoms with Gasteiger partial charge in [-0.3, -0.25) is 0 Å². The van der Waals surface area contributed by atoms with Gasteiger partial charge in [0.05, 0.1) is 11.5 Å². The number of thioether (sulfide) groups is 1. The van der Waals surface area contributed by atoms with E-state index < -0.39 is 11.7 Å². The summed E-state index contributed by atoms with van der Waals surface area (Å²) in [6, 6.07) is 5.04. The van der Waals surface area contributed by atoms with Crippen LogP contribution in [0, 0.1) is 5.92 Å². The van der Waals surface area contributed by atoms with Gasteiger partial charge in [-0.1, -0.05) is 29.4 Å². The highest BCUT2D eigenvalue weighted by atomic mass is 35.5. The molecule has 0 fully saturated rings. The Balaban J connectivity index is 1.93. The molecule has 2 atom stereocenters. The monoisotopic (exact) mass is 359 g/mol. The normalized spacial score (nSPS) is 24.1. The Labute approximate surface area is 140 Å². The minimum atomic E-state index is -4.34. The minimum Gasteiger partial charge on any atom is -0.325 e. The largest absolute Gasteiger partial charge is 0.416 e. The second-order valence-electron chi connectivity index (χ2n) is 5.14. The smallest absolute Gasteiger partial charge is 0.325 e. The van der Waals surface area contributed by atoms with Gasteiger partial charge in [-0.25, -0.2) is 9.98 Å². The molecular formula is C15H13ClF3N3S. The first kappa shape index (κ1) is 16.4. The van der Waals surface area contributed by atoms with Gasteiger partial charge in [0.25, 0.3) is 0 Å². The summed E-state index contributed by atoms with van der Waals surface area (Å²) in [5.74, 6) is -0.0835. The molecule has 0 saturated carbocycles. The van der Waals surface area contributed by atoms with Crippen LogP contribution in [0.4, 0.5) is 18.9 Å². The van der Waals surface area contributed by atoms with Crippen LogP contribution in [0.25, 0.3) is 0 Å². The number of benzene rings is 1. The van der Waals surface area contributed by atoms with Crippen molar-refractivity contribution in [3.8, 4) is 0 Å². The molecule has 3 nitrogen and oxygen atoms in total. The van der Waals surface area contributed by atoms with E-state index in [1.165, 1.54) is 23.9 Å². The molecule has 0 amide bonds. The van der Waals surface area contributed by atoms with Gasteiger partial charge in [0.1, 0.15) is 11.3 Å². The highest BCUT2D eigenvalue weighted by Gasteiger charge is 2.35. The van der Waals surface area contributed by atoms with Crippen LogP contribution in [-0.4, -0.2) is 22.8 Å². The first-order valence-electron chi connectivity index (χ1n) is 6.88. The van der Waals surface area contributed by atoms with Crippen LogP contribution in [0.5, 0.6) is 0 Å². The summed E-state index contributed by atoms with van der Waals surface area (Å²) in [7, 11) is 0. The topological polar surface area (TPSA) is 28.0 Å². The average molecular weight is 360 g/mol. The highest BCUT2D eigenvalue weighted by molar-refractivity contribution is 8.13. The molecule has 8 heteroatoms. The Hall–Kier alpha value is -1.47. The van der Waals surface area contributed by atoms with Crippen LogP contribution in [-0.2, 0) is 6.18 Å². The van der Waals surface area contributed by atoms with E-state index in [9.17, 15) is 13.2 Å². The number of alkyl halides is 3. The Morgan fingerprint density at radius 3 is 2.57 bits per heavy atom. The number of amidine groups is 1. The molecule has 0 N–H and O–H groups in total. The number of nitrogens with zero attached hydrogens (tertiary/aromatic N) is 3. The van der Waals surface area contributed by atoms with Crippen LogP contribution in [0.1, 0.15) is 12.0 Å². The van der Waals surface area contributed by atoms with Crippen molar-refractivity contribution in [3.05, 3.63) is 42.1 Å². The first-order valence-corrected chi connectivity index (χ1v) is 8.48. The zero-order chi connectivity index (χ0) is 16.6. The Kier molecular flexibility index (Phi) is 4.42. The fourth-order valence-electron chi connectivity index (χ4n) is 2.57. The van der Waals surface area contributed by atoms with Crippen molar-refractivity contribution in [2.24, 2.45) is 15.9 Å². The van der Waals surface area contributed by atoms with Gasteiger partial charge in [-0.05, 0) is 36.9 Å². The molecule has 0 saturated heterocycles. The van der Waals surface area contributed by atoms with E-state index in [0.717, 1.165) is 12.1 Å². The second-order valence-corrected chi connectivity index (χ2v) is 6.30. The number of aliphatic imine (C=N–C) groups is 2. The van der Waals surface area contributed by atoms with E-state index in [-0.39, 0.29) is 12.1 Å². The maximum Gasteiger partial charge on any atom is 0.416 e. The second kappa shape index (κ2) is 6.20. The van der Waals surface area contributed by atoms with E-state index >= 15 is 0 Å². The van der Waals surface area contributed by atoms with Crippen LogP contribution < -0.4 is 4.90 Å². The number of halogens is 4. The lowest BCUT2D eigenvalue weighted by Crippen LogP contribution is -2.43. The molecule has 0 radical (unpaired) electrons. The van der Waals surface area contributed by atoms with Gasteiger partial charge in [0.2, 0.25) is 0 Å². The third-order valence-corrected chi connectivity index (χ3v) is 4.65. The highest BCUT2D eigenvalue weighted by Crippen LogP contribution is 2.35. The zero-order valence-corrected chi connectivity index (χ0v) is 13.7. The summed E-state index contributed by atoms with van der Waals surface area (Å²) in [5, 5.41) is 1.05. The molecule has 0 aliphatic carbocycles. The average Bonchev–Trinajstić information content (AvgIpc) is 2.53. The number of allylic oxidation sites excluding steroid dienone is 1. The van der Waals surface area contributed by atoms with Crippen molar-refractivity contribution >= 4 is 39.4 Å². The van der Waals surface area contributed by atoms with Crippen molar-refractivity contribution in [2.45, 2.75) is 18.8 Å². The van der Waals surface area contributed by atoms with Crippen molar-refractivity contribution in [2.75, 3.05) is 11.2 Å². The maximum atomic E-state index is 12.7. The van der Waals surface area contributed by atoms with Gasteiger partial charge in [0, 0.05) is 11.9 Å². The van der Waals surface area contributed by atoms with Gasteiger partial charge >= 0.3 is 6.18 Å². The number of hydrogen-bond acceptors (Lipinski definition) is 4. The summed E-state index contributed by atoms with van der Waals surface area (Å²) in [6.07, 6.45) is 1.69. The molecule has 2 aliphatic heterocycles. The fourth-order valence-corrected chi connectivity index (χ4v) is 3.31. The summed E-state index contributed by atoms with van der Waals surface area (Å²) in [6.45, 7) is 0. The fraction of sp³-hybridized carbons (Fsp3) is 0.333. The molecule has 0 spiro atoms. The lowest BCUT2D eigenvalue weighted by atomic mass is 9.97. The Morgan fingerprint density at radius 1 is 1.26 bits per heavy atom. The van der Waals surface area contributed by atoms with Crippen molar-refractivity contribution in [1.82, 2.24) is 0 Å². The van der Waals surface area contributed by atoms with Gasteiger partial charge < -0.3 is 4.90 Å². The van der Waals surface area contributed by atoms with Crippen molar-refractivity contribution in [3.63, 3.8) is 0 Å². The van der Waals surface area contributed by atoms with Gasteiger partial charge in [-0.2, -0.15) is 13.2 Å². The third-order valence-electron chi connectivity index (χ3n) is 3.73. The summed E-state index contributed by atoms with van der Waals surface area (Å²) < 4.78 is 38.1. The maximum absolute atomic E-state index is 12.7. The quantitative estimate of drug-likeness (QED) is 0.724. The van der Waals surface area contributed by atoms with Crippen LogP contribution in [0.3, 0.4) is 0 Å². The molecule has 23 heavy (non-hydrogen) atoms. The summed E-state index contributed by atoms with van der Waals surface area (Å²) in [4.78, 5) is 10.6. The van der Waals surface area contributed by atoms with E-state index in [1.54, 1.807) is 0 Å². The summed E-state index contributed by atoms with van der Waals surface area (Å²) >= 11 is 7.63. The predicted molar refractivity (Wildman–Crippen MR) is 89.2 cm³/mol. The molecule has 1 aromatic carbocycles. The first-order chi connectivity index (χ1) is 10.9. The molecule has 0 bridgehead atoms. The molecule has 1 aromatic rings. The lowest BCUT2D eigenvalue weighted by Gasteiger charge is -2.37. The van der Waals surface area contributed by atoms with E-state index in [2.05, 4.69) is 9.98 Å². The van der Waals surface area contributed by atoms with Crippen LogP contribution in [0.2, 0.25) is 0 Å². The number of hydrogen-bond donors (Lipinski definition) is 0. The molecule has 3 rings (SSSR count). The third kappa shape index (κ3) is 3.26. The van der Waals surface area contributed by atoms with Crippen molar-refractivity contribution in [1.29, 1.82) is 0 Å². The number of rotatable bonds is 1. The van der Waals surface area contributed by atoms with E-state index in [0.29, 0.717) is 22.4 Å².